The van der Waals surface area contributed by atoms with E-state index in [1.807, 2.05) is 18.7 Å². The summed E-state index contributed by atoms with van der Waals surface area (Å²) in [6, 6.07) is 7.79. The van der Waals surface area contributed by atoms with Gasteiger partial charge in [0.05, 0.1) is 35.3 Å². The number of ether oxygens (including phenoxy) is 2. The highest BCUT2D eigenvalue weighted by molar-refractivity contribution is 7.89. The number of nitrogens with one attached hydrogen (secondary N) is 1. The fraction of sp³-hybridized carbons (Fsp3) is 0.235. The van der Waals surface area contributed by atoms with Gasteiger partial charge in [-0.05, 0) is 38.1 Å². The summed E-state index contributed by atoms with van der Waals surface area (Å²) in [5.74, 6) is -0.0310. The summed E-state index contributed by atoms with van der Waals surface area (Å²) < 4.78 is 34.9. The molecule has 11 heteroatoms. The monoisotopic (exact) mass is 409 g/mol. The number of hydrogen-bond donors (Lipinski definition) is 2. The Morgan fingerprint density at radius 3 is 2.43 bits per heavy atom. The number of non-ortho nitro benzene ring substituents is 1. The second kappa shape index (κ2) is 8.57. The highest BCUT2D eigenvalue weighted by Gasteiger charge is 2.17. The van der Waals surface area contributed by atoms with Crippen molar-refractivity contribution in [3.63, 3.8) is 0 Å². The second-order valence-electron chi connectivity index (χ2n) is 5.83. The van der Waals surface area contributed by atoms with Crippen LogP contribution < -0.4 is 14.3 Å². The molecule has 0 unspecified atom stereocenters. The van der Waals surface area contributed by atoms with Gasteiger partial charge >= 0.3 is 0 Å². The van der Waals surface area contributed by atoms with Gasteiger partial charge in [-0.15, -0.1) is 0 Å². The van der Waals surface area contributed by atoms with Crippen LogP contribution in [0.15, 0.2) is 46.4 Å². The van der Waals surface area contributed by atoms with Crippen LogP contribution in [0.4, 0.5) is 5.69 Å². The Labute approximate surface area is 161 Å². The van der Waals surface area contributed by atoms with Gasteiger partial charge in [0.2, 0.25) is 0 Å². The number of nitro groups is 1. The lowest BCUT2D eigenvalue weighted by atomic mass is 10.2. The van der Waals surface area contributed by atoms with Gasteiger partial charge < -0.3 is 14.6 Å². The summed E-state index contributed by atoms with van der Waals surface area (Å²) in [6.07, 6.45) is 0.892. The molecular formula is C17H19N3O7S. The molecule has 2 aromatic carbocycles. The third kappa shape index (κ3) is 5.10. The second-order valence-corrected chi connectivity index (χ2v) is 7.49. The molecule has 0 aromatic heterocycles. The predicted octanol–water partition coefficient (Wildman–Crippen LogP) is 2.41. The third-order valence-electron chi connectivity index (χ3n) is 3.40. The van der Waals surface area contributed by atoms with Gasteiger partial charge in [0.15, 0.2) is 11.5 Å². The summed E-state index contributed by atoms with van der Waals surface area (Å²) in [5.41, 5.74) is -0.436. The maximum absolute atomic E-state index is 12.3. The van der Waals surface area contributed by atoms with Crippen LogP contribution in [0, 0.1) is 10.1 Å². The molecule has 0 aliphatic rings. The van der Waals surface area contributed by atoms with Crippen LogP contribution in [0.25, 0.3) is 0 Å². The molecule has 2 rings (SSSR count). The molecule has 10 nitrogen and oxygen atoms in total. The zero-order valence-corrected chi connectivity index (χ0v) is 16.1. The maximum atomic E-state index is 12.3. The molecule has 0 saturated carbocycles. The van der Waals surface area contributed by atoms with Gasteiger partial charge in [0.25, 0.3) is 15.7 Å². The minimum atomic E-state index is -3.98. The summed E-state index contributed by atoms with van der Waals surface area (Å²) in [7, 11) is -2.75. The van der Waals surface area contributed by atoms with E-state index in [0.717, 1.165) is 18.3 Å². The molecule has 0 radical (unpaired) electrons. The molecule has 0 bridgehead atoms. The number of hydrogen-bond acceptors (Lipinski definition) is 8. The fourth-order valence-corrected chi connectivity index (χ4v) is 2.95. The molecular weight excluding hydrogens is 390 g/mol. The number of nitro benzene ring substituents is 1. The van der Waals surface area contributed by atoms with E-state index >= 15 is 0 Å². The van der Waals surface area contributed by atoms with Gasteiger partial charge in [0, 0.05) is 11.6 Å². The molecule has 0 aliphatic heterocycles. The van der Waals surface area contributed by atoms with Crippen molar-refractivity contribution < 1.29 is 27.9 Å². The van der Waals surface area contributed by atoms with Gasteiger partial charge in [-0.25, -0.2) is 4.83 Å². The molecule has 0 aliphatic carbocycles. The van der Waals surface area contributed by atoms with Crippen molar-refractivity contribution in [1.29, 1.82) is 0 Å². The Morgan fingerprint density at radius 1 is 1.25 bits per heavy atom. The molecule has 150 valence electrons. The number of hydrazone groups is 1. The Hall–Kier alpha value is -3.34. The lowest BCUT2D eigenvalue weighted by Gasteiger charge is -2.10. The van der Waals surface area contributed by atoms with Gasteiger partial charge in [-0.1, -0.05) is 0 Å². The van der Waals surface area contributed by atoms with Gasteiger partial charge in [-0.3, -0.25) is 10.1 Å². The number of rotatable bonds is 8. The van der Waals surface area contributed by atoms with Crippen molar-refractivity contribution in [3.05, 3.63) is 52.1 Å². The van der Waals surface area contributed by atoms with Crippen LogP contribution in [0.2, 0.25) is 0 Å². The van der Waals surface area contributed by atoms with Gasteiger partial charge in [-0.2, -0.15) is 13.5 Å². The molecule has 0 heterocycles. The first-order valence-corrected chi connectivity index (χ1v) is 9.49. The van der Waals surface area contributed by atoms with E-state index < -0.39 is 20.7 Å². The number of phenols is 1. The molecule has 0 spiro atoms. The summed E-state index contributed by atoms with van der Waals surface area (Å²) in [4.78, 5) is 12.2. The smallest absolute Gasteiger partial charge is 0.276 e. The Morgan fingerprint density at radius 2 is 1.89 bits per heavy atom. The lowest BCUT2D eigenvalue weighted by Crippen LogP contribution is -2.18. The molecule has 2 N–H and O–H groups in total. The maximum Gasteiger partial charge on any atom is 0.276 e. The third-order valence-corrected chi connectivity index (χ3v) is 4.64. The van der Waals surface area contributed by atoms with E-state index in [2.05, 4.69) is 5.10 Å². The highest BCUT2D eigenvalue weighted by Crippen LogP contribution is 2.33. The summed E-state index contributed by atoms with van der Waals surface area (Å²) >= 11 is 0. The van der Waals surface area contributed by atoms with Crippen LogP contribution in [-0.4, -0.2) is 37.9 Å². The first-order valence-electron chi connectivity index (χ1n) is 8.01. The van der Waals surface area contributed by atoms with Crippen LogP contribution in [-0.2, 0) is 10.0 Å². The molecule has 0 atom stereocenters. The molecule has 0 fully saturated rings. The number of nitrogens with zero attached hydrogens (tertiary/aromatic N) is 2. The first-order chi connectivity index (χ1) is 13.1. The number of benzene rings is 2. The van der Waals surface area contributed by atoms with Crippen LogP contribution in [0.3, 0.4) is 0 Å². The SMILES string of the molecule is COc1cc([N+](=O)[O-])cc(/C=N/NS(=O)(=O)c2ccc(OC(C)C)cc2)c1O. The van der Waals surface area contributed by atoms with E-state index in [1.165, 1.54) is 31.4 Å². The number of sulfonamides is 1. The summed E-state index contributed by atoms with van der Waals surface area (Å²) in [5, 5.41) is 24.5. The van der Waals surface area contributed by atoms with Crippen LogP contribution in [0.5, 0.6) is 17.2 Å². The zero-order valence-electron chi connectivity index (χ0n) is 15.3. The van der Waals surface area contributed by atoms with E-state index in [4.69, 9.17) is 9.47 Å². The van der Waals surface area contributed by atoms with Crippen molar-refractivity contribution in [3.8, 4) is 17.2 Å². The number of methoxy groups -OCH3 is 1. The standard InChI is InChI=1S/C17H19N3O7S/c1-11(2)27-14-4-6-15(7-5-14)28(24,25)19-18-10-12-8-13(20(22)23)9-16(26-3)17(12)21/h4-11,19,21H,1-3H3/b18-10+. The molecule has 2 aromatic rings. The topological polar surface area (TPSA) is 140 Å². The predicted molar refractivity (Wildman–Crippen MR) is 101 cm³/mol. The lowest BCUT2D eigenvalue weighted by molar-refractivity contribution is -0.385. The zero-order chi connectivity index (χ0) is 20.9. The van der Waals surface area contributed by atoms with Crippen molar-refractivity contribution in [2.75, 3.05) is 7.11 Å². The van der Waals surface area contributed by atoms with Crippen LogP contribution in [0.1, 0.15) is 19.4 Å². The molecule has 0 saturated heterocycles. The number of aromatic hydroxyl groups is 1. The summed E-state index contributed by atoms with van der Waals surface area (Å²) in [6.45, 7) is 3.69. The Balaban J connectivity index is 2.21. The average Bonchev–Trinajstić information content (AvgIpc) is 2.62. The van der Waals surface area contributed by atoms with Gasteiger partial charge in [0.1, 0.15) is 5.75 Å². The van der Waals surface area contributed by atoms with E-state index in [0.29, 0.717) is 5.75 Å². The van der Waals surface area contributed by atoms with Crippen molar-refractivity contribution in [2.24, 2.45) is 5.10 Å². The average molecular weight is 409 g/mol. The van der Waals surface area contributed by atoms with Crippen molar-refractivity contribution >= 4 is 21.9 Å². The van der Waals surface area contributed by atoms with E-state index in [9.17, 15) is 23.6 Å². The fourth-order valence-electron chi connectivity index (χ4n) is 2.16. The minimum absolute atomic E-state index is 0.0511. The molecule has 0 amide bonds. The quantitative estimate of drug-likeness (QED) is 0.387. The number of phenolic OH excluding ortho intramolecular Hbond substituents is 1. The van der Waals surface area contributed by atoms with E-state index in [1.54, 1.807) is 0 Å². The van der Waals surface area contributed by atoms with Crippen molar-refractivity contribution in [1.82, 2.24) is 4.83 Å². The largest absolute Gasteiger partial charge is 0.504 e. The minimum Gasteiger partial charge on any atom is -0.504 e. The Bertz CT molecular complexity index is 987. The van der Waals surface area contributed by atoms with Crippen LogP contribution >= 0.6 is 0 Å². The van der Waals surface area contributed by atoms with E-state index in [-0.39, 0.29) is 28.0 Å². The highest BCUT2D eigenvalue weighted by atomic mass is 32.2. The Kier molecular flexibility index (Phi) is 6.41. The van der Waals surface area contributed by atoms with Crippen molar-refractivity contribution in [2.45, 2.75) is 24.8 Å². The molecule has 28 heavy (non-hydrogen) atoms. The normalized spacial score (nSPS) is 11.6. The first kappa shape index (κ1) is 21.0.